The van der Waals surface area contributed by atoms with Crippen molar-refractivity contribution in [2.45, 2.75) is 19.1 Å². The van der Waals surface area contributed by atoms with E-state index in [-0.39, 0.29) is 18.1 Å². The van der Waals surface area contributed by atoms with E-state index in [2.05, 4.69) is 21.2 Å². The molecule has 98 valence electrons. The summed E-state index contributed by atoms with van der Waals surface area (Å²) < 4.78 is 1.03. The van der Waals surface area contributed by atoms with Crippen molar-refractivity contribution in [3.8, 4) is 0 Å². The molecule has 0 saturated carbocycles. The molecule has 1 aliphatic heterocycles. The molecule has 2 rings (SSSR count). The van der Waals surface area contributed by atoms with E-state index in [0.717, 1.165) is 10.0 Å². The summed E-state index contributed by atoms with van der Waals surface area (Å²) in [5.74, 6) is -0.00248. The van der Waals surface area contributed by atoms with Crippen molar-refractivity contribution < 1.29 is 9.90 Å². The van der Waals surface area contributed by atoms with Gasteiger partial charge in [-0.15, -0.1) is 0 Å². The van der Waals surface area contributed by atoms with Crippen molar-refractivity contribution in [2.24, 2.45) is 0 Å². The van der Waals surface area contributed by atoms with Gasteiger partial charge in [0, 0.05) is 17.6 Å². The smallest absolute Gasteiger partial charge is 0.234 e. The SMILES string of the molecule is CC(NC(=O)CN1CC(O)C1)c1ccc(Br)cc1. The molecule has 0 spiro atoms. The van der Waals surface area contributed by atoms with Crippen LogP contribution in [0.15, 0.2) is 28.7 Å². The number of carbonyl (C=O) groups is 1. The minimum Gasteiger partial charge on any atom is -0.390 e. The highest BCUT2D eigenvalue weighted by atomic mass is 79.9. The first-order valence-electron chi connectivity index (χ1n) is 6.00. The number of rotatable bonds is 4. The average molecular weight is 313 g/mol. The molecule has 0 bridgehead atoms. The van der Waals surface area contributed by atoms with E-state index >= 15 is 0 Å². The molecule has 1 saturated heterocycles. The summed E-state index contributed by atoms with van der Waals surface area (Å²) >= 11 is 3.38. The van der Waals surface area contributed by atoms with Crippen LogP contribution in [0.2, 0.25) is 0 Å². The number of nitrogens with one attached hydrogen (secondary N) is 1. The van der Waals surface area contributed by atoms with Crippen molar-refractivity contribution in [3.05, 3.63) is 34.3 Å². The third kappa shape index (κ3) is 3.54. The molecule has 1 fully saturated rings. The first-order valence-corrected chi connectivity index (χ1v) is 6.79. The molecule has 5 heteroatoms. The number of hydrogen-bond acceptors (Lipinski definition) is 3. The molecule has 1 aromatic carbocycles. The number of amides is 1. The molecule has 18 heavy (non-hydrogen) atoms. The number of benzene rings is 1. The Kier molecular flexibility index (Phi) is 4.37. The second kappa shape index (κ2) is 5.82. The normalized spacial score (nSPS) is 18.2. The van der Waals surface area contributed by atoms with Gasteiger partial charge in [0.15, 0.2) is 0 Å². The number of aliphatic hydroxyl groups is 1. The lowest BCUT2D eigenvalue weighted by atomic mass is 10.1. The molecule has 1 aromatic rings. The van der Waals surface area contributed by atoms with Crippen LogP contribution in [-0.2, 0) is 4.79 Å². The van der Waals surface area contributed by atoms with Gasteiger partial charge in [-0.3, -0.25) is 9.69 Å². The Morgan fingerprint density at radius 3 is 2.67 bits per heavy atom. The van der Waals surface area contributed by atoms with Gasteiger partial charge in [0.05, 0.1) is 18.7 Å². The summed E-state index contributed by atoms with van der Waals surface area (Å²) in [4.78, 5) is 13.7. The Morgan fingerprint density at radius 1 is 1.50 bits per heavy atom. The second-order valence-electron chi connectivity index (χ2n) is 4.69. The number of aliphatic hydroxyl groups excluding tert-OH is 1. The standard InChI is InChI=1S/C13H17BrN2O2/c1-9(10-2-4-11(14)5-3-10)15-13(18)8-16-6-12(17)7-16/h2-5,9,12,17H,6-8H2,1H3,(H,15,18). The molecule has 1 unspecified atom stereocenters. The Bertz CT molecular complexity index is 416. The molecule has 4 nitrogen and oxygen atoms in total. The van der Waals surface area contributed by atoms with E-state index in [1.54, 1.807) is 0 Å². The van der Waals surface area contributed by atoms with Gasteiger partial charge in [-0.1, -0.05) is 28.1 Å². The van der Waals surface area contributed by atoms with Gasteiger partial charge in [-0.2, -0.15) is 0 Å². The first kappa shape index (κ1) is 13.5. The maximum atomic E-state index is 11.8. The summed E-state index contributed by atoms with van der Waals surface area (Å²) in [7, 11) is 0. The molecule has 1 amide bonds. The Hall–Kier alpha value is -0.910. The molecular formula is C13H17BrN2O2. The highest BCUT2D eigenvalue weighted by Gasteiger charge is 2.26. The fourth-order valence-electron chi connectivity index (χ4n) is 2.00. The third-order valence-corrected chi connectivity index (χ3v) is 3.58. The van der Waals surface area contributed by atoms with Crippen molar-refractivity contribution in [3.63, 3.8) is 0 Å². The van der Waals surface area contributed by atoms with Gasteiger partial charge < -0.3 is 10.4 Å². The maximum absolute atomic E-state index is 11.8. The molecule has 2 N–H and O–H groups in total. The van der Waals surface area contributed by atoms with Crippen LogP contribution in [0.3, 0.4) is 0 Å². The number of halogens is 1. The average Bonchev–Trinajstić information content (AvgIpc) is 2.27. The second-order valence-corrected chi connectivity index (χ2v) is 5.60. The Labute approximate surface area is 115 Å². The lowest BCUT2D eigenvalue weighted by Gasteiger charge is -2.35. The molecule has 1 atom stereocenters. The maximum Gasteiger partial charge on any atom is 0.234 e. The van der Waals surface area contributed by atoms with E-state index in [4.69, 9.17) is 5.11 Å². The van der Waals surface area contributed by atoms with Crippen LogP contribution in [0.1, 0.15) is 18.5 Å². The number of likely N-dealkylation sites (tertiary alicyclic amines) is 1. The van der Waals surface area contributed by atoms with Crippen LogP contribution in [-0.4, -0.2) is 41.7 Å². The van der Waals surface area contributed by atoms with Crippen LogP contribution < -0.4 is 5.32 Å². The lowest BCUT2D eigenvalue weighted by Crippen LogP contribution is -2.54. The Balaban J connectivity index is 1.81. The fourth-order valence-corrected chi connectivity index (χ4v) is 2.26. The van der Waals surface area contributed by atoms with Crippen LogP contribution in [0.4, 0.5) is 0 Å². The fraction of sp³-hybridized carbons (Fsp3) is 0.462. The zero-order valence-corrected chi connectivity index (χ0v) is 11.9. The van der Waals surface area contributed by atoms with Gasteiger partial charge >= 0.3 is 0 Å². The highest BCUT2D eigenvalue weighted by molar-refractivity contribution is 9.10. The van der Waals surface area contributed by atoms with Crippen molar-refractivity contribution >= 4 is 21.8 Å². The molecular weight excluding hydrogens is 296 g/mol. The molecule has 1 aliphatic rings. The van der Waals surface area contributed by atoms with Crippen LogP contribution >= 0.6 is 15.9 Å². The number of hydrogen-bond donors (Lipinski definition) is 2. The zero-order valence-electron chi connectivity index (χ0n) is 10.3. The summed E-state index contributed by atoms with van der Waals surface area (Å²) in [6.07, 6.45) is -0.262. The summed E-state index contributed by atoms with van der Waals surface area (Å²) in [6, 6.07) is 7.90. The quantitative estimate of drug-likeness (QED) is 0.881. The van der Waals surface area contributed by atoms with E-state index in [9.17, 15) is 4.79 Å². The third-order valence-electron chi connectivity index (χ3n) is 3.05. The van der Waals surface area contributed by atoms with E-state index in [1.807, 2.05) is 36.1 Å². The van der Waals surface area contributed by atoms with Gasteiger partial charge in [0.1, 0.15) is 0 Å². The van der Waals surface area contributed by atoms with Crippen LogP contribution in [0, 0.1) is 0 Å². The monoisotopic (exact) mass is 312 g/mol. The highest BCUT2D eigenvalue weighted by Crippen LogP contribution is 2.16. The van der Waals surface area contributed by atoms with Gasteiger partial charge in [-0.05, 0) is 24.6 Å². The van der Waals surface area contributed by atoms with E-state index in [0.29, 0.717) is 19.6 Å². The summed E-state index contributed by atoms with van der Waals surface area (Å²) in [6.45, 7) is 3.52. The van der Waals surface area contributed by atoms with E-state index in [1.165, 1.54) is 0 Å². The molecule has 0 aromatic heterocycles. The Morgan fingerprint density at radius 2 is 2.11 bits per heavy atom. The van der Waals surface area contributed by atoms with Crippen molar-refractivity contribution in [1.29, 1.82) is 0 Å². The predicted molar refractivity (Wildman–Crippen MR) is 73.1 cm³/mol. The number of nitrogens with zero attached hydrogens (tertiary/aromatic N) is 1. The largest absolute Gasteiger partial charge is 0.390 e. The van der Waals surface area contributed by atoms with Gasteiger partial charge in [0.25, 0.3) is 0 Å². The number of β-amino-alcohol motifs (C(OH)–C–C–N with tert-alkyl or cyclic N) is 1. The summed E-state index contributed by atoms with van der Waals surface area (Å²) in [5.41, 5.74) is 1.08. The summed E-state index contributed by atoms with van der Waals surface area (Å²) in [5, 5.41) is 12.1. The van der Waals surface area contributed by atoms with Gasteiger partial charge in [0.2, 0.25) is 5.91 Å². The van der Waals surface area contributed by atoms with Crippen LogP contribution in [0.25, 0.3) is 0 Å². The predicted octanol–water partition coefficient (Wildman–Crippen LogP) is 1.30. The number of carbonyl (C=O) groups excluding carboxylic acids is 1. The minimum absolute atomic E-state index is 0.00248. The molecule has 0 radical (unpaired) electrons. The van der Waals surface area contributed by atoms with Crippen molar-refractivity contribution in [1.82, 2.24) is 10.2 Å². The lowest BCUT2D eigenvalue weighted by molar-refractivity contribution is -0.125. The van der Waals surface area contributed by atoms with Gasteiger partial charge in [-0.25, -0.2) is 0 Å². The van der Waals surface area contributed by atoms with Crippen LogP contribution in [0.5, 0.6) is 0 Å². The first-order chi connectivity index (χ1) is 8.54. The zero-order chi connectivity index (χ0) is 13.1. The molecule has 0 aliphatic carbocycles. The van der Waals surface area contributed by atoms with Crippen molar-refractivity contribution in [2.75, 3.05) is 19.6 Å². The molecule has 1 heterocycles. The topological polar surface area (TPSA) is 52.6 Å². The minimum atomic E-state index is -0.262. The van der Waals surface area contributed by atoms with E-state index < -0.39 is 0 Å².